The zero-order chi connectivity index (χ0) is 21.1. The first-order valence-corrected chi connectivity index (χ1v) is 8.61. The summed E-state index contributed by atoms with van der Waals surface area (Å²) in [4.78, 5) is 28.5. The Morgan fingerprint density at radius 1 is 1.45 bits per heavy atom. The van der Waals surface area contributed by atoms with Crippen molar-refractivity contribution in [2.45, 2.75) is 6.61 Å². The van der Waals surface area contributed by atoms with Gasteiger partial charge in [-0.1, -0.05) is 0 Å². The van der Waals surface area contributed by atoms with Crippen molar-refractivity contribution < 1.29 is 28.6 Å². The molecule has 1 aliphatic rings. The van der Waals surface area contributed by atoms with Crippen LogP contribution in [0.2, 0.25) is 0 Å². The number of nitrogens with zero attached hydrogens (tertiary/aromatic N) is 4. The number of carbonyl (C=O) groups excluding carboxylic acids is 1. The van der Waals surface area contributed by atoms with Gasteiger partial charge in [-0.2, -0.15) is 0 Å². The van der Waals surface area contributed by atoms with Crippen LogP contribution in [0.15, 0.2) is 24.2 Å². The van der Waals surface area contributed by atoms with Gasteiger partial charge in [-0.05, 0) is 36.0 Å². The lowest BCUT2D eigenvalue weighted by Crippen LogP contribution is -2.35. The number of hydrogen-bond acceptors (Lipinski definition) is 7. The number of H-pyrrole nitrogens is 1. The largest absolute Gasteiger partial charge is 0.493 e. The second-order valence-electron chi connectivity index (χ2n) is 5.91. The maximum absolute atomic E-state index is 14.6. The number of aromatic nitrogens is 3. The first-order chi connectivity index (χ1) is 13.8. The van der Waals surface area contributed by atoms with E-state index in [0.29, 0.717) is 11.4 Å². The van der Waals surface area contributed by atoms with Gasteiger partial charge in [0.05, 0.1) is 7.11 Å². The molecule has 10 nitrogen and oxygen atoms in total. The van der Waals surface area contributed by atoms with Gasteiger partial charge in [0.2, 0.25) is 0 Å². The third kappa shape index (κ3) is 4.16. The second kappa shape index (κ2) is 8.22. The van der Waals surface area contributed by atoms with E-state index in [1.165, 1.54) is 37.5 Å². The molecule has 1 amide bonds. The van der Waals surface area contributed by atoms with E-state index >= 15 is 0 Å². The number of nitrogens with one attached hydrogen (secondary N) is 1. The second-order valence-corrected chi connectivity index (χ2v) is 6.28. The van der Waals surface area contributed by atoms with E-state index in [0.717, 1.165) is 11.0 Å². The smallest absolute Gasteiger partial charge is 0.323 e. The van der Waals surface area contributed by atoms with Crippen molar-refractivity contribution in [3.05, 3.63) is 41.4 Å². The van der Waals surface area contributed by atoms with Crippen LogP contribution in [0, 0.1) is 5.82 Å². The number of amides is 1. The SMILES string of the molecule is COc1cc(/C=C2\C(=O)N(CC(=O)O)C(=S)N2C)cc(F)c1OCc1nnc[nH]1. The first-order valence-electron chi connectivity index (χ1n) is 8.20. The number of likely N-dealkylation sites (N-methyl/N-ethyl adjacent to an activating group) is 1. The summed E-state index contributed by atoms with van der Waals surface area (Å²) in [6.45, 7) is -0.612. The van der Waals surface area contributed by atoms with Gasteiger partial charge in [-0.15, -0.1) is 10.2 Å². The van der Waals surface area contributed by atoms with E-state index in [1.54, 1.807) is 0 Å². The van der Waals surface area contributed by atoms with E-state index in [9.17, 15) is 14.0 Å². The molecule has 1 aromatic carbocycles. The molecule has 0 saturated carbocycles. The van der Waals surface area contributed by atoms with Crippen LogP contribution in [0.5, 0.6) is 11.5 Å². The number of rotatable bonds is 7. The van der Waals surface area contributed by atoms with Crippen molar-refractivity contribution in [1.82, 2.24) is 25.0 Å². The predicted molar refractivity (Wildman–Crippen MR) is 101 cm³/mol. The van der Waals surface area contributed by atoms with Crippen molar-refractivity contribution in [3.63, 3.8) is 0 Å². The Balaban J connectivity index is 1.89. The number of carboxylic acid groups (broad SMARTS) is 1. The minimum Gasteiger partial charge on any atom is -0.493 e. The molecule has 0 spiro atoms. The summed E-state index contributed by atoms with van der Waals surface area (Å²) in [5.74, 6) is -2.12. The average molecular weight is 421 g/mol. The molecule has 2 aromatic rings. The third-order valence-corrected chi connectivity index (χ3v) is 4.51. The van der Waals surface area contributed by atoms with Crippen LogP contribution in [0.1, 0.15) is 11.4 Å². The van der Waals surface area contributed by atoms with Crippen LogP contribution in [0.4, 0.5) is 4.39 Å². The highest BCUT2D eigenvalue weighted by Gasteiger charge is 2.36. The Kier molecular flexibility index (Phi) is 5.73. The Morgan fingerprint density at radius 2 is 2.21 bits per heavy atom. The zero-order valence-electron chi connectivity index (χ0n) is 15.4. The number of halogens is 1. The normalized spacial score (nSPS) is 15.3. The number of hydrogen-bond donors (Lipinski definition) is 2. The molecular weight excluding hydrogens is 405 g/mol. The minimum atomic E-state index is -1.20. The molecule has 1 aliphatic heterocycles. The Labute approximate surface area is 169 Å². The summed E-state index contributed by atoms with van der Waals surface area (Å²) in [5, 5.41) is 16.3. The molecule has 0 unspecified atom stereocenters. The van der Waals surface area contributed by atoms with Crippen molar-refractivity contribution >= 4 is 35.3 Å². The average Bonchev–Trinajstić information content (AvgIpc) is 3.26. The van der Waals surface area contributed by atoms with Gasteiger partial charge in [-0.3, -0.25) is 14.5 Å². The lowest BCUT2D eigenvalue weighted by atomic mass is 10.1. The van der Waals surface area contributed by atoms with E-state index in [2.05, 4.69) is 15.2 Å². The lowest BCUT2D eigenvalue weighted by Gasteiger charge is -2.14. The highest BCUT2D eigenvalue weighted by molar-refractivity contribution is 7.80. The predicted octanol–water partition coefficient (Wildman–Crippen LogP) is 1.02. The maximum Gasteiger partial charge on any atom is 0.323 e. The molecule has 29 heavy (non-hydrogen) atoms. The van der Waals surface area contributed by atoms with Crippen LogP contribution in [-0.4, -0.2) is 67.8 Å². The first kappa shape index (κ1) is 20.2. The molecule has 12 heteroatoms. The summed E-state index contributed by atoms with van der Waals surface area (Å²) in [5.41, 5.74) is 0.412. The fourth-order valence-corrected chi connectivity index (χ4v) is 2.89. The van der Waals surface area contributed by atoms with Crippen molar-refractivity contribution in [1.29, 1.82) is 0 Å². The van der Waals surface area contributed by atoms with Gasteiger partial charge >= 0.3 is 5.97 Å². The standard InChI is InChI=1S/C17H16FN5O5S/c1-22-11(16(26)23(17(22)29)6-14(24)25)4-9-3-10(18)15(12(5-9)27-2)28-7-13-19-8-20-21-13/h3-5,8H,6-7H2,1-2H3,(H,24,25)(H,19,20,21)/b11-4+. The number of aliphatic carboxylic acids is 1. The molecule has 1 fully saturated rings. The van der Waals surface area contributed by atoms with Gasteiger partial charge in [0.1, 0.15) is 25.2 Å². The lowest BCUT2D eigenvalue weighted by molar-refractivity contribution is -0.140. The van der Waals surface area contributed by atoms with Gasteiger partial charge in [0.25, 0.3) is 5.91 Å². The Morgan fingerprint density at radius 3 is 2.83 bits per heavy atom. The molecule has 1 aromatic heterocycles. The number of ether oxygens (including phenoxy) is 2. The number of aromatic amines is 1. The highest BCUT2D eigenvalue weighted by Crippen LogP contribution is 2.33. The molecular formula is C17H16FN5O5S. The van der Waals surface area contributed by atoms with Gasteiger partial charge in [0.15, 0.2) is 28.3 Å². The summed E-state index contributed by atoms with van der Waals surface area (Å²) in [6, 6.07) is 2.64. The van der Waals surface area contributed by atoms with Gasteiger partial charge < -0.3 is 24.5 Å². The number of carboxylic acids is 1. The van der Waals surface area contributed by atoms with Crippen molar-refractivity contribution in [2.24, 2.45) is 0 Å². The van der Waals surface area contributed by atoms with Crippen LogP contribution in [-0.2, 0) is 16.2 Å². The minimum absolute atomic E-state index is 0.0445. The van der Waals surface area contributed by atoms with Gasteiger partial charge in [-0.25, -0.2) is 4.39 Å². The quantitative estimate of drug-likeness (QED) is 0.498. The van der Waals surface area contributed by atoms with Crippen LogP contribution in [0.25, 0.3) is 6.08 Å². The third-order valence-electron chi connectivity index (χ3n) is 4.01. The monoisotopic (exact) mass is 421 g/mol. The van der Waals surface area contributed by atoms with E-state index < -0.39 is 24.2 Å². The van der Waals surface area contributed by atoms with Crippen molar-refractivity contribution in [3.8, 4) is 11.5 Å². The molecule has 0 radical (unpaired) electrons. The molecule has 0 atom stereocenters. The van der Waals surface area contributed by atoms with Crippen LogP contribution < -0.4 is 9.47 Å². The van der Waals surface area contributed by atoms with E-state index in [1.807, 2.05) is 0 Å². The van der Waals surface area contributed by atoms with E-state index in [4.69, 9.17) is 26.8 Å². The number of thiocarbonyl (C=S) groups is 1. The Bertz CT molecular complexity index is 994. The molecule has 3 rings (SSSR count). The van der Waals surface area contributed by atoms with Gasteiger partial charge in [0, 0.05) is 7.05 Å². The molecule has 152 valence electrons. The summed E-state index contributed by atoms with van der Waals surface area (Å²) in [7, 11) is 2.87. The zero-order valence-corrected chi connectivity index (χ0v) is 16.2. The molecule has 0 bridgehead atoms. The summed E-state index contributed by atoms with van der Waals surface area (Å²) in [6.07, 6.45) is 2.76. The summed E-state index contributed by atoms with van der Waals surface area (Å²) >= 11 is 5.11. The Hall–Kier alpha value is -3.54. The molecule has 1 saturated heterocycles. The summed E-state index contributed by atoms with van der Waals surface area (Å²) < 4.78 is 25.2. The topological polar surface area (TPSA) is 121 Å². The fraction of sp³-hybridized carbons (Fsp3) is 0.235. The molecule has 2 N–H and O–H groups in total. The van der Waals surface area contributed by atoms with E-state index in [-0.39, 0.29) is 28.9 Å². The molecule has 0 aliphatic carbocycles. The maximum atomic E-state index is 14.6. The van der Waals surface area contributed by atoms with Crippen LogP contribution in [0.3, 0.4) is 0 Å². The van der Waals surface area contributed by atoms with Crippen LogP contribution >= 0.6 is 12.2 Å². The number of carbonyl (C=O) groups is 2. The fourth-order valence-electron chi connectivity index (χ4n) is 2.65. The number of methoxy groups -OCH3 is 1. The molecule has 2 heterocycles. The van der Waals surface area contributed by atoms with Crippen molar-refractivity contribution in [2.75, 3.05) is 20.7 Å². The highest BCUT2D eigenvalue weighted by atomic mass is 32.1. The number of benzene rings is 1.